The number of aromatic nitrogens is 3. The van der Waals surface area contributed by atoms with Crippen molar-refractivity contribution in [2.75, 3.05) is 6.54 Å². The highest BCUT2D eigenvalue weighted by Crippen LogP contribution is 2.35. The lowest BCUT2D eigenvalue weighted by Gasteiger charge is -2.09. The Kier molecular flexibility index (Phi) is 4.96. The number of unbranched alkanes of at least 4 members (excludes halogenated alkanes) is 1. The summed E-state index contributed by atoms with van der Waals surface area (Å²) in [5.41, 5.74) is 9.93. The van der Waals surface area contributed by atoms with E-state index in [-0.39, 0.29) is 5.75 Å². The molecule has 2 heterocycles. The van der Waals surface area contributed by atoms with Crippen molar-refractivity contribution >= 4 is 21.9 Å². The minimum Gasteiger partial charge on any atom is -0.406 e. The molecule has 2 aromatic carbocycles. The molecule has 29 heavy (non-hydrogen) atoms. The third kappa shape index (κ3) is 3.80. The van der Waals surface area contributed by atoms with Gasteiger partial charge in [-0.25, -0.2) is 4.98 Å². The summed E-state index contributed by atoms with van der Waals surface area (Å²) in [6, 6.07) is 12.1. The molecular weight excluding hydrogens is 381 g/mol. The molecule has 0 spiro atoms. The lowest BCUT2D eigenvalue weighted by Crippen LogP contribution is -2.16. The number of benzene rings is 2. The maximum atomic E-state index is 12.7. The predicted octanol–water partition coefficient (Wildman–Crippen LogP) is 4.90. The molecule has 0 amide bonds. The van der Waals surface area contributed by atoms with Crippen molar-refractivity contribution in [2.24, 2.45) is 12.8 Å². The van der Waals surface area contributed by atoms with E-state index < -0.39 is 6.36 Å². The van der Waals surface area contributed by atoms with E-state index in [1.165, 1.54) is 12.1 Å². The SMILES string of the molecule is Cn1c(-c2[nH]c3ccc(OC(F)(F)F)cc3c2CCCCN)nc2ccccc21. The number of aryl methyl sites for hydroxylation is 2. The molecule has 0 fully saturated rings. The molecule has 4 rings (SSSR count). The zero-order chi connectivity index (χ0) is 20.6. The Labute approximate surface area is 165 Å². The zero-order valence-corrected chi connectivity index (χ0v) is 15.9. The van der Waals surface area contributed by atoms with Crippen molar-refractivity contribution in [3.8, 4) is 17.3 Å². The summed E-state index contributed by atoms with van der Waals surface area (Å²) < 4.78 is 44.1. The second kappa shape index (κ2) is 7.44. The fourth-order valence-corrected chi connectivity index (χ4v) is 3.69. The normalized spacial score (nSPS) is 12.2. The van der Waals surface area contributed by atoms with Crippen LogP contribution in [0.15, 0.2) is 42.5 Å². The lowest BCUT2D eigenvalue weighted by atomic mass is 10.0. The Morgan fingerprint density at radius 1 is 1.14 bits per heavy atom. The molecule has 4 aromatic rings. The van der Waals surface area contributed by atoms with Gasteiger partial charge in [0.1, 0.15) is 5.75 Å². The summed E-state index contributed by atoms with van der Waals surface area (Å²) in [6.07, 6.45) is -2.41. The summed E-state index contributed by atoms with van der Waals surface area (Å²) in [5, 5.41) is 0.700. The van der Waals surface area contributed by atoms with Crippen molar-refractivity contribution < 1.29 is 17.9 Å². The van der Waals surface area contributed by atoms with E-state index in [2.05, 4.69) is 9.72 Å². The average Bonchev–Trinajstić information content (AvgIpc) is 3.19. The first-order valence-corrected chi connectivity index (χ1v) is 9.39. The van der Waals surface area contributed by atoms with E-state index in [1.54, 1.807) is 6.07 Å². The second-order valence-corrected chi connectivity index (χ2v) is 6.96. The Hall–Kier alpha value is -3.00. The van der Waals surface area contributed by atoms with Crippen molar-refractivity contribution in [2.45, 2.75) is 25.6 Å². The van der Waals surface area contributed by atoms with Gasteiger partial charge >= 0.3 is 6.36 Å². The first-order valence-electron chi connectivity index (χ1n) is 9.39. The standard InChI is InChI=1S/C21H21F3N4O/c1-28-18-8-3-2-7-17(18)27-20(28)19-14(6-4-5-11-25)15-12-13(29-21(22,23)24)9-10-16(15)26-19/h2-3,7-10,12,26H,4-6,11,25H2,1H3. The van der Waals surface area contributed by atoms with Gasteiger partial charge < -0.3 is 20.0 Å². The van der Waals surface area contributed by atoms with E-state index >= 15 is 0 Å². The Morgan fingerprint density at radius 2 is 1.93 bits per heavy atom. The summed E-state index contributed by atoms with van der Waals surface area (Å²) >= 11 is 0. The fourth-order valence-electron chi connectivity index (χ4n) is 3.69. The highest BCUT2D eigenvalue weighted by molar-refractivity contribution is 5.92. The molecule has 0 saturated heterocycles. The van der Waals surface area contributed by atoms with Crippen LogP contribution >= 0.6 is 0 Å². The maximum Gasteiger partial charge on any atom is 0.573 e. The van der Waals surface area contributed by atoms with Crippen molar-refractivity contribution in [3.05, 3.63) is 48.0 Å². The molecule has 5 nitrogen and oxygen atoms in total. The molecule has 0 saturated carbocycles. The van der Waals surface area contributed by atoms with Crippen LogP contribution in [0.2, 0.25) is 0 Å². The van der Waals surface area contributed by atoms with Crippen LogP contribution in [0.5, 0.6) is 5.75 Å². The average molecular weight is 402 g/mol. The van der Waals surface area contributed by atoms with Gasteiger partial charge in [0.2, 0.25) is 0 Å². The largest absolute Gasteiger partial charge is 0.573 e. The van der Waals surface area contributed by atoms with Crippen LogP contribution in [0.25, 0.3) is 33.5 Å². The summed E-state index contributed by atoms with van der Waals surface area (Å²) in [7, 11) is 1.93. The van der Waals surface area contributed by atoms with E-state index in [1.807, 2.05) is 35.9 Å². The molecule has 0 aliphatic heterocycles. The number of aromatic amines is 1. The number of para-hydroxylation sites is 2. The van der Waals surface area contributed by atoms with Crippen LogP contribution < -0.4 is 10.5 Å². The van der Waals surface area contributed by atoms with Crippen LogP contribution in [0.4, 0.5) is 13.2 Å². The van der Waals surface area contributed by atoms with Crippen LogP contribution in [-0.2, 0) is 13.5 Å². The molecule has 8 heteroatoms. The van der Waals surface area contributed by atoms with Crippen LogP contribution in [0, 0.1) is 0 Å². The van der Waals surface area contributed by atoms with Crippen LogP contribution in [0.3, 0.4) is 0 Å². The molecule has 0 radical (unpaired) electrons. The van der Waals surface area contributed by atoms with Gasteiger partial charge in [0.05, 0.1) is 16.7 Å². The van der Waals surface area contributed by atoms with Gasteiger partial charge in [-0.1, -0.05) is 12.1 Å². The number of nitrogens with zero attached hydrogens (tertiary/aromatic N) is 2. The summed E-state index contributed by atoms with van der Waals surface area (Å²) in [5.74, 6) is 0.504. The van der Waals surface area contributed by atoms with Gasteiger partial charge in [0.25, 0.3) is 0 Å². The van der Waals surface area contributed by atoms with Crippen LogP contribution in [-0.4, -0.2) is 27.4 Å². The Balaban J connectivity index is 1.87. The molecule has 0 atom stereocenters. The van der Waals surface area contributed by atoms with Crippen molar-refractivity contribution in [3.63, 3.8) is 0 Å². The molecule has 0 unspecified atom stereocenters. The van der Waals surface area contributed by atoms with E-state index in [4.69, 9.17) is 10.7 Å². The van der Waals surface area contributed by atoms with Gasteiger partial charge in [-0.3, -0.25) is 0 Å². The molecule has 2 aromatic heterocycles. The quantitative estimate of drug-likeness (QED) is 0.451. The summed E-state index contributed by atoms with van der Waals surface area (Å²) in [4.78, 5) is 8.09. The number of ether oxygens (including phenoxy) is 1. The van der Waals surface area contributed by atoms with Gasteiger partial charge in [0.15, 0.2) is 5.82 Å². The number of H-pyrrole nitrogens is 1. The minimum absolute atomic E-state index is 0.236. The number of rotatable bonds is 6. The predicted molar refractivity (Wildman–Crippen MR) is 107 cm³/mol. The van der Waals surface area contributed by atoms with Gasteiger partial charge in [-0.05, 0) is 61.7 Å². The van der Waals surface area contributed by atoms with E-state index in [0.29, 0.717) is 18.4 Å². The van der Waals surface area contributed by atoms with Gasteiger partial charge in [-0.15, -0.1) is 13.2 Å². The number of hydrogen-bond acceptors (Lipinski definition) is 3. The number of nitrogens with one attached hydrogen (secondary N) is 1. The molecule has 3 N–H and O–H groups in total. The topological polar surface area (TPSA) is 68.9 Å². The third-order valence-corrected chi connectivity index (χ3v) is 5.00. The van der Waals surface area contributed by atoms with Crippen molar-refractivity contribution in [1.82, 2.24) is 14.5 Å². The number of nitrogens with two attached hydrogens (primary N) is 1. The molecule has 0 aliphatic rings. The number of imidazole rings is 1. The number of halogens is 3. The summed E-state index contributed by atoms with van der Waals surface area (Å²) in [6.45, 7) is 0.562. The second-order valence-electron chi connectivity index (χ2n) is 6.96. The highest BCUT2D eigenvalue weighted by atomic mass is 19.4. The lowest BCUT2D eigenvalue weighted by molar-refractivity contribution is -0.274. The molecule has 0 aliphatic carbocycles. The molecule has 152 valence electrons. The number of alkyl halides is 3. The minimum atomic E-state index is -4.73. The zero-order valence-electron chi connectivity index (χ0n) is 15.9. The van der Waals surface area contributed by atoms with Gasteiger partial charge in [0, 0.05) is 18.0 Å². The monoisotopic (exact) mass is 402 g/mol. The smallest absolute Gasteiger partial charge is 0.406 e. The number of fused-ring (bicyclic) bond motifs is 2. The third-order valence-electron chi connectivity index (χ3n) is 5.00. The highest BCUT2D eigenvalue weighted by Gasteiger charge is 2.31. The Bertz CT molecular complexity index is 1160. The Morgan fingerprint density at radius 3 is 2.66 bits per heavy atom. The van der Waals surface area contributed by atoms with Crippen LogP contribution in [0.1, 0.15) is 18.4 Å². The molecule has 0 bridgehead atoms. The maximum absolute atomic E-state index is 12.7. The van der Waals surface area contributed by atoms with Gasteiger partial charge in [-0.2, -0.15) is 0 Å². The van der Waals surface area contributed by atoms with E-state index in [9.17, 15) is 13.2 Å². The fraction of sp³-hybridized carbons (Fsp3) is 0.286. The van der Waals surface area contributed by atoms with E-state index in [0.717, 1.165) is 46.5 Å². The number of hydrogen-bond donors (Lipinski definition) is 2. The molecular formula is C21H21F3N4O. The van der Waals surface area contributed by atoms with Crippen molar-refractivity contribution in [1.29, 1.82) is 0 Å². The first kappa shape index (κ1) is 19.3. The first-order chi connectivity index (χ1) is 13.9.